The molecule has 2 aromatic rings. The Labute approximate surface area is 413 Å². The van der Waals surface area contributed by atoms with E-state index in [-0.39, 0.29) is 50.4 Å². The van der Waals surface area contributed by atoms with Gasteiger partial charge in [-0.3, -0.25) is 43.2 Å². The average Bonchev–Trinajstić information content (AvgIpc) is 3.29. The van der Waals surface area contributed by atoms with Gasteiger partial charge in [0.2, 0.25) is 35.4 Å². The van der Waals surface area contributed by atoms with E-state index in [0.29, 0.717) is 11.1 Å². The number of carbonyl (C=O) groups is 10. The van der Waals surface area contributed by atoms with Crippen molar-refractivity contribution in [2.24, 2.45) is 23.5 Å². The molecule has 0 saturated carbocycles. The molecule has 0 spiro atoms. The van der Waals surface area contributed by atoms with E-state index in [1.54, 1.807) is 102 Å². The average molecular weight is 997 g/mol. The maximum absolute atomic E-state index is 14.1. The lowest BCUT2D eigenvalue weighted by molar-refractivity contribution is -0.143. The predicted octanol–water partition coefficient (Wildman–Crippen LogP) is 0.136. The van der Waals surface area contributed by atoms with Crippen LogP contribution in [0.3, 0.4) is 0 Å². The second-order valence-electron chi connectivity index (χ2n) is 18.7. The maximum Gasteiger partial charge on any atom is 0.326 e. The highest BCUT2D eigenvalue weighted by molar-refractivity contribution is 5.96. The van der Waals surface area contributed by atoms with E-state index in [2.05, 4.69) is 37.2 Å². The monoisotopic (exact) mass is 997 g/mol. The van der Waals surface area contributed by atoms with Crippen LogP contribution in [0.25, 0.3) is 0 Å². The summed E-state index contributed by atoms with van der Waals surface area (Å²) in [7, 11) is 0. The smallest absolute Gasteiger partial charge is 0.326 e. The number of nitrogens with two attached hydrogens (primary N) is 1. The van der Waals surface area contributed by atoms with Crippen LogP contribution in [0.15, 0.2) is 60.7 Å². The van der Waals surface area contributed by atoms with Crippen LogP contribution in [-0.2, 0) is 60.8 Å². The number of aliphatic hydroxyl groups excluding tert-OH is 1. The molecule has 0 fully saturated rings. The van der Waals surface area contributed by atoms with Crippen molar-refractivity contribution in [1.82, 2.24) is 37.2 Å². The van der Waals surface area contributed by atoms with E-state index in [4.69, 9.17) is 10.8 Å². The molecule has 0 aliphatic carbocycles. The molecule has 0 unspecified atom stereocenters. The lowest BCUT2D eigenvalue weighted by atomic mass is 9.97. The molecule has 9 atom stereocenters. The van der Waals surface area contributed by atoms with Gasteiger partial charge < -0.3 is 63.4 Å². The van der Waals surface area contributed by atoms with Gasteiger partial charge in [0.1, 0.15) is 36.3 Å². The minimum Gasteiger partial charge on any atom is -0.481 e. The SMILES string of the molecule is CC(C)C[C@H](NC(=O)[C@H](C)NC(=O)[C@H](O)[C@H](Cc1ccccc1)NC(=O)[C@H](CC(C)C)NC(=O)[C@@H](NC(=O)[C@@H](N)CCC(=O)O)C(C)C)C(=O)N[C@@H](CCC(=O)O)C(=O)N[C@@H](Cc1ccccc1)C(=O)O. The molecule has 0 aliphatic rings. The first-order valence-corrected chi connectivity index (χ1v) is 23.6. The van der Waals surface area contributed by atoms with Crippen LogP contribution in [-0.4, -0.2) is 134 Å². The Hall–Kier alpha value is -6.94. The Morgan fingerprint density at radius 3 is 1.39 bits per heavy atom. The highest BCUT2D eigenvalue weighted by atomic mass is 16.4. The van der Waals surface area contributed by atoms with E-state index < -0.39 is 132 Å². The van der Waals surface area contributed by atoms with Gasteiger partial charge in [0, 0.05) is 19.3 Å². The van der Waals surface area contributed by atoms with Crippen LogP contribution in [0.4, 0.5) is 0 Å². The molecule has 2 aromatic carbocycles. The molecular weight excluding hydrogens is 925 g/mol. The summed E-state index contributed by atoms with van der Waals surface area (Å²) in [6.07, 6.45) is -3.68. The summed E-state index contributed by atoms with van der Waals surface area (Å²) in [4.78, 5) is 130. The van der Waals surface area contributed by atoms with E-state index in [9.17, 15) is 63.3 Å². The van der Waals surface area contributed by atoms with Crippen molar-refractivity contribution in [2.75, 3.05) is 0 Å². The maximum atomic E-state index is 14.1. The van der Waals surface area contributed by atoms with Crippen LogP contribution >= 0.6 is 0 Å². The standard InChI is InChI=1S/C49H72N8O14/c1-26(2)22-35(45(66)52-33(19-21-39(60)61)44(65)56-37(49(70)71)25-31-16-12-9-13-17-31)54-42(63)29(7)51-48(69)41(62)34(24-30-14-10-8-11-15-30)53-46(67)36(23-27(3)4)55-47(68)40(28(5)6)57-43(64)32(50)18-20-38(58)59/h8-17,26-29,32-37,40-41,62H,18-25,50H2,1-7H3,(H,51,69)(H,52,66)(H,53,67)(H,54,63)(H,55,68)(H,56,65)(H,57,64)(H,58,59)(H,60,61)(H,70,71)/t29-,32-,33-,34-,35-,36-,37-,40-,41+/m0/s1. The lowest BCUT2D eigenvalue weighted by Gasteiger charge is -2.30. The summed E-state index contributed by atoms with van der Waals surface area (Å²) < 4.78 is 0. The molecule has 71 heavy (non-hydrogen) atoms. The fraction of sp³-hybridized carbons (Fsp3) is 0.551. The normalized spacial score (nSPS) is 15.0. The number of carbonyl (C=O) groups excluding carboxylic acids is 7. The first-order valence-electron chi connectivity index (χ1n) is 23.6. The number of aliphatic hydroxyl groups is 1. The molecule has 392 valence electrons. The van der Waals surface area contributed by atoms with Crippen molar-refractivity contribution >= 4 is 59.3 Å². The molecule has 13 N–H and O–H groups in total. The number of nitrogens with one attached hydrogen (secondary N) is 7. The third-order valence-electron chi connectivity index (χ3n) is 11.1. The number of hydrogen-bond acceptors (Lipinski definition) is 12. The predicted molar refractivity (Wildman–Crippen MR) is 259 cm³/mol. The first-order chi connectivity index (χ1) is 33.3. The number of rotatable bonds is 31. The molecule has 0 heterocycles. The molecule has 7 amide bonds. The summed E-state index contributed by atoms with van der Waals surface area (Å²) >= 11 is 0. The van der Waals surface area contributed by atoms with Gasteiger partial charge in [0.15, 0.2) is 6.10 Å². The van der Waals surface area contributed by atoms with Crippen molar-refractivity contribution in [1.29, 1.82) is 0 Å². The highest BCUT2D eigenvalue weighted by Gasteiger charge is 2.36. The van der Waals surface area contributed by atoms with E-state index in [1.165, 1.54) is 6.92 Å². The van der Waals surface area contributed by atoms with Crippen molar-refractivity contribution in [3.05, 3.63) is 71.8 Å². The molecule has 0 aliphatic heterocycles. The number of carboxylic acids is 3. The van der Waals surface area contributed by atoms with Crippen molar-refractivity contribution in [3.63, 3.8) is 0 Å². The van der Waals surface area contributed by atoms with Crippen molar-refractivity contribution in [3.8, 4) is 0 Å². The van der Waals surface area contributed by atoms with E-state index in [1.807, 2.05) is 0 Å². The van der Waals surface area contributed by atoms with Crippen LogP contribution in [0.5, 0.6) is 0 Å². The highest BCUT2D eigenvalue weighted by Crippen LogP contribution is 2.14. The summed E-state index contributed by atoms with van der Waals surface area (Å²) in [6.45, 7) is 11.6. The quantitative estimate of drug-likeness (QED) is 0.0478. The zero-order chi connectivity index (χ0) is 53.5. The van der Waals surface area contributed by atoms with E-state index in [0.717, 1.165) is 0 Å². The second-order valence-corrected chi connectivity index (χ2v) is 18.7. The molecular formula is C49H72N8O14. The first kappa shape index (κ1) is 60.2. The van der Waals surface area contributed by atoms with Gasteiger partial charge >= 0.3 is 17.9 Å². The Morgan fingerprint density at radius 1 is 0.479 bits per heavy atom. The number of carboxylic acid groups (broad SMARTS) is 3. The Bertz CT molecular complexity index is 2120. The minimum absolute atomic E-state index is 0.00374. The largest absolute Gasteiger partial charge is 0.481 e. The molecule has 22 heteroatoms. The van der Waals surface area contributed by atoms with Crippen LogP contribution in [0.1, 0.15) is 98.1 Å². The van der Waals surface area contributed by atoms with Crippen molar-refractivity contribution in [2.45, 2.75) is 154 Å². The topological polar surface area (TPSA) is 362 Å². The minimum atomic E-state index is -2.00. The summed E-state index contributed by atoms with van der Waals surface area (Å²) in [6, 6.07) is 6.22. The zero-order valence-electron chi connectivity index (χ0n) is 41.3. The van der Waals surface area contributed by atoms with Gasteiger partial charge in [-0.2, -0.15) is 0 Å². The zero-order valence-corrected chi connectivity index (χ0v) is 41.3. The lowest BCUT2D eigenvalue weighted by Crippen LogP contribution is -2.61. The fourth-order valence-electron chi connectivity index (χ4n) is 7.24. The van der Waals surface area contributed by atoms with Gasteiger partial charge in [-0.25, -0.2) is 4.79 Å². The fourth-order valence-corrected chi connectivity index (χ4v) is 7.24. The van der Waals surface area contributed by atoms with E-state index >= 15 is 0 Å². The molecule has 0 bridgehead atoms. The Kier molecular flexibility index (Phi) is 25.4. The third-order valence-corrected chi connectivity index (χ3v) is 11.1. The number of aliphatic carboxylic acids is 3. The van der Waals surface area contributed by atoms with Gasteiger partial charge in [-0.15, -0.1) is 0 Å². The third kappa shape index (κ3) is 22.1. The summed E-state index contributed by atoms with van der Waals surface area (Å²) in [5.41, 5.74) is 7.05. The Balaban J connectivity index is 2.30. The van der Waals surface area contributed by atoms with Crippen LogP contribution in [0, 0.1) is 17.8 Å². The molecule has 0 saturated heterocycles. The van der Waals surface area contributed by atoms with Gasteiger partial charge in [0.05, 0.1) is 12.1 Å². The summed E-state index contributed by atoms with van der Waals surface area (Å²) in [5.74, 6) is -10.9. The Morgan fingerprint density at radius 2 is 0.915 bits per heavy atom. The molecule has 22 nitrogen and oxygen atoms in total. The van der Waals surface area contributed by atoms with Crippen LogP contribution in [0.2, 0.25) is 0 Å². The van der Waals surface area contributed by atoms with Gasteiger partial charge in [-0.05, 0) is 67.9 Å². The van der Waals surface area contributed by atoms with Crippen molar-refractivity contribution < 1.29 is 68.4 Å². The number of amides is 7. The molecule has 2 rings (SSSR count). The second kappa shape index (κ2) is 29.9. The van der Waals surface area contributed by atoms with Gasteiger partial charge in [0.25, 0.3) is 5.91 Å². The molecule has 0 aromatic heterocycles. The number of benzene rings is 2. The molecule has 0 radical (unpaired) electrons. The van der Waals surface area contributed by atoms with Gasteiger partial charge in [-0.1, -0.05) is 102 Å². The number of hydrogen-bond donors (Lipinski definition) is 12. The van der Waals surface area contributed by atoms with Crippen LogP contribution < -0.4 is 43.0 Å². The summed E-state index contributed by atoms with van der Waals surface area (Å²) in [5, 5.41) is 57.4.